The quantitative estimate of drug-likeness (QED) is 0.372. The van der Waals surface area contributed by atoms with Crippen molar-refractivity contribution in [2.45, 2.75) is 13.8 Å². The van der Waals surface area contributed by atoms with Crippen molar-refractivity contribution in [3.05, 3.63) is 11.3 Å². The molecule has 0 aliphatic heterocycles. The van der Waals surface area contributed by atoms with E-state index < -0.39 is 0 Å². The number of hydrogen-bond donors (Lipinski definition) is 3. The number of nitrogens with one attached hydrogen (secondary N) is 2. The normalized spacial score (nSPS) is 10.1. The van der Waals surface area contributed by atoms with Crippen LogP contribution in [0.2, 0.25) is 0 Å². The topological polar surface area (TPSA) is 85.1 Å². The largest absolute Gasteiger partial charge is 0.383 e. The summed E-state index contributed by atoms with van der Waals surface area (Å²) in [5.41, 5.74) is 4.40. The number of hydrazine groups is 1. The van der Waals surface area contributed by atoms with Gasteiger partial charge in [-0.25, -0.2) is 10.8 Å². The average Bonchev–Trinajstić information content (AvgIpc) is 2.23. The summed E-state index contributed by atoms with van der Waals surface area (Å²) in [5, 5.41) is 3.05. The minimum Gasteiger partial charge on any atom is -0.383 e. The van der Waals surface area contributed by atoms with Crippen molar-refractivity contribution in [3.63, 3.8) is 0 Å². The number of aryl methyl sites for hydroxylation is 1. The van der Waals surface area contributed by atoms with Crippen molar-refractivity contribution in [2.24, 2.45) is 5.84 Å². The Balaban J connectivity index is 2.77. The third-order valence-corrected chi connectivity index (χ3v) is 2.12. The SMILES string of the molecule is COCCNc1nc(C)c(C)c(NN)n1. The summed E-state index contributed by atoms with van der Waals surface area (Å²) in [6.07, 6.45) is 0. The molecule has 0 atom stereocenters. The van der Waals surface area contributed by atoms with Gasteiger partial charge in [0, 0.05) is 24.9 Å². The summed E-state index contributed by atoms with van der Waals surface area (Å²) >= 11 is 0. The van der Waals surface area contributed by atoms with Gasteiger partial charge >= 0.3 is 0 Å². The van der Waals surface area contributed by atoms with Crippen LogP contribution in [0.15, 0.2) is 0 Å². The summed E-state index contributed by atoms with van der Waals surface area (Å²) in [6, 6.07) is 0. The maximum absolute atomic E-state index is 5.35. The van der Waals surface area contributed by atoms with E-state index >= 15 is 0 Å². The van der Waals surface area contributed by atoms with Crippen LogP contribution in [-0.4, -0.2) is 30.2 Å². The fourth-order valence-corrected chi connectivity index (χ4v) is 1.11. The molecule has 0 spiro atoms. The highest BCUT2D eigenvalue weighted by Gasteiger charge is 2.05. The Bertz CT molecular complexity index is 329. The molecule has 0 radical (unpaired) electrons. The van der Waals surface area contributed by atoms with E-state index in [1.807, 2.05) is 13.8 Å². The van der Waals surface area contributed by atoms with Crippen LogP contribution in [0.5, 0.6) is 0 Å². The predicted octanol–water partition coefficient (Wildman–Crippen LogP) is 0.437. The third-order valence-electron chi connectivity index (χ3n) is 2.12. The highest BCUT2D eigenvalue weighted by atomic mass is 16.5. The van der Waals surface area contributed by atoms with Crippen LogP contribution in [0.1, 0.15) is 11.3 Å². The Morgan fingerprint density at radius 3 is 2.67 bits per heavy atom. The van der Waals surface area contributed by atoms with Crippen molar-refractivity contribution in [1.82, 2.24) is 9.97 Å². The number of rotatable bonds is 5. The molecular formula is C9H17N5O. The minimum atomic E-state index is 0.558. The molecule has 1 heterocycles. The molecule has 0 aliphatic carbocycles. The van der Waals surface area contributed by atoms with Crippen molar-refractivity contribution >= 4 is 11.8 Å². The Labute approximate surface area is 89.2 Å². The second-order valence-corrected chi connectivity index (χ2v) is 3.17. The molecule has 1 aromatic rings. The first-order valence-electron chi connectivity index (χ1n) is 4.73. The smallest absolute Gasteiger partial charge is 0.225 e. The van der Waals surface area contributed by atoms with E-state index in [1.165, 1.54) is 0 Å². The van der Waals surface area contributed by atoms with Crippen molar-refractivity contribution in [1.29, 1.82) is 0 Å². The molecule has 0 fully saturated rings. The molecule has 0 bridgehead atoms. The molecule has 0 aliphatic rings. The summed E-state index contributed by atoms with van der Waals surface area (Å²) in [7, 11) is 1.65. The van der Waals surface area contributed by atoms with Crippen LogP contribution in [0.4, 0.5) is 11.8 Å². The predicted molar refractivity (Wildman–Crippen MR) is 59.7 cm³/mol. The summed E-state index contributed by atoms with van der Waals surface area (Å²) in [5.74, 6) is 6.55. The molecule has 1 aromatic heterocycles. The second kappa shape index (κ2) is 5.47. The number of methoxy groups -OCH3 is 1. The fraction of sp³-hybridized carbons (Fsp3) is 0.556. The molecule has 0 unspecified atom stereocenters. The van der Waals surface area contributed by atoms with E-state index in [1.54, 1.807) is 7.11 Å². The molecule has 15 heavy (non-hydrogen) atoms. The Morgan fingerprint density at radius 2 is 2.07 bits per heavy atom. The molecule has 0 amide bonds. The standard InChI is InChI=1S/C9H17N5O/c1-6-7(2)12-9(11-4-5-15-3)13-8(6)14-10/h4-5,10H2,1-3H3,(H2,11,12,13,14). The van der Waals surface area contributed by atoms with Crippen LogP contribution in [0, 0.1) is 13.8 Å². The number of nitrogens with zero attached hydrogens (tertiary/aromatic N) is 2. The van der Waals surface area contributed by atoms with Gasteiger partial charge in [0.05, 0.1) is 6.61 Å². The first-order chi connectivity index (χ1) is 7.19. The molecule has 6 nitrogen and oxygen atoms in total. The third kappa shape index (κ3) is 3.03. The van der Waals surface area contributed by atoms with E-state index in [9.17, 15) is 0 Å². The van der Waals surface area contributed by atoms with Crippen LogP contribution in [0.3, 0.4) is 0 Å². The zero-order chi connectivity index (χ0) is 11.3. The number of anilines is 2. The minimum absolute atomic E-state index is 0.558. The fourth-order valence-electron chi connectivity index (χ4n) is 1.11. The molecule has 1 rings (SSSR count). The molecule has 0 saturated heterocycles. The van der Waals surface area contributed by atoms with Gasteiger partial charge in [0.25, 0.3) is 0 Å². The van der Waals surface area contributed by atoms with Gasteiger partial charge in [0.1, 0.15) is 5.82 Å². The van der Waals surface area contributed by atoms with Gasteiger partial charge < -0.3 is 15.5 Å². The van der Waals surface area contributed by atoms with E-state index in [2.05, 4.69) is 20.7 Å². The Hall–Kier alpha value is -1.40. The highest BCUT2D eigenvalue weighted by molar-refractivity contribution is 5.48. The Kier molecular flexibility index (Phi) is 4.26. The van der Waals surface area contributed by atoms with E-state index in [4.69, 9.17) is 10.6 Å². The summed E-state index contributed by atoms with van der Waals surface area (Å²) in [6.45, 7) is 5.12. The number of ether oxygens (including phenoxy) is 1. The zero-order valence-electron chi connectivity index (χ0n) is 9.29. The molecule has 0 aromatic carbocycles. The van der Waals surface area contributed by atoms with Gasteiger partial charge in [-0.05, 0) is 13.8 Å². The van der Waals surface area contributed by atoms with Gasteiger partial charge in [-0.1, -0.05) is 0 Å². The van der Waals surface area contributed by atoms with E-state index in [-0.39, 0.29) is 0 Å². The van der Waals surface area contributed by atoms with Gasteiger partial charge in [0.15, 0.2) is 0 Å². The van der Waals surface area contributed by atoms with Crippen LogP contribution < -0.4 is 16.6 Å². The molecular weight excluding hydrogens is 194 g/mol. The second-order valence-electron chi connectivity index (χ2n) is 3.17. The summed E-state index contributed by atoms with van der Waals surface area (Å²) in [4.78, 5) is 8.49. The van der Waals surface area contributed by atoms with Gasteiger partial charge in [-0.15, -0.1) is 0 Å². The Morgan fingerprint density at radius 1 is 1.33 bits per heavy atom. The van der Waals surface area contributed by atoms with Crippen molar-refractivity contribution in [2.75, 3.05) is 31.0 Å². The van der Waals surface area contributed by atoms with E-state index in [0.717, 1.165) is 11.3 Å². The molecule has 4 N–H and O–H groups in total. The summed E-state index contributed by atoms with van der Waals surface area (Å²) < 4.78 is 4.92. The first-order valence-corrected chi connectivity index (χ1v) is 4.73. The maximum Gasteiger partial charge on any atom is 0.225 e. The number of nitrogens with two attached hydrogens (primary N) is 1. The lowest BCUT2D eigenvalue weighted by Gasteiger charge is -2.10. The van der Waals surface area contributed by atoms with Gasteiger partial charge in [-0.2, -0.15) is 4.98 Å². The highest BCUT2D eigenvalue weighted by Crippen LogP contribution is 2.15. The average molecular weight is 211 g/mol. The lowest BCUT2D eigenvalue weighted by Crippen LogP contribution is -2.15. The molecule has 0 saturated carbocycles. The zero-order valence-corrected chi connectivity index (χ0v) is 9.29. The molecule has 6 heteroatoms. The number of aromatic nitrogens is 2. The number of nitrogen functional groups attached to an aromatic ring is 1. The lowest BCUT2D eigenvalue weighted by molar-refractivity contribution is 0.210. The maximum atomic E-state index is 5.35. The van der Waals surface area contributed by atoms with Crippen LogP contribution in [-0.2, 0) is 4.74 Å². The number of hydrogen-bond acceptors (Lipinski definition) is 6. The van der Waals surface area contributed by atoms with Gasteiger partial charge in [-0.3, -0.25) is 0 Å². The lowest BCUT2D eigenvalue weighted by atomic mass is 10.2. The monoisotopic (exact) mass is 211 g/mol. The first kappa shape index (κ1) is 11.7. The van der Waals surface area contributed by atoms with Crippen LogP contribution in [0.25, 0.3) is 0 Å². The van der Waals surface area contributed by atoms with Gasteiger partial charge in [0.2, 0.25) is 5.95 Å². The van der Waals surface area contributed by atoms with Crippen LogP contribution >= 0.6 is 0 Å². The van der Waals surface area contributed by atoms with Crippen molar-refractivity contribution < 1.29 is 4.74 Å². The molecule has 84 valence electrons. The van der Waals surface area contributed by atoms with Crippen molar-refractivity contribution in [3.8, 4) is 0 Å². The van der Waals surface area contributed by atoms with E-state index in [0.29, 0.717) is 24.9 Å².